The number of carbonyl (C=O) groups excluding carboxylic acids is 2. The van der Waals surface area contributed by atoms with Gasteiger partial charge in [-0.05, 0) is 67.9 Å². The number of carbonyl (C=O) groups is 2. The lowest BCUT2D eigenvalue weighted by atomic mass is 10.2. The number of hydrogen-bond donors (Lipinski definition) is 0. The minimum Gasteiger partial charge on any atom is -0.303 e. The van der Waals surface area contributed by atoms with Crippen LogP contribution in [0.4, 0.5) is 4.79 Å². The summed E-state index contributed by atoms with van der Waals surface area (Å²) in [6.45, 7) is 9.82. The van der Waals surface area contributed by atoms with Crippen molar-refractivity contribution in [3.63, 3.8) is 0 Å². The Morgan fingerprint density at radius 2 is 2.00 bits per heavy atom. The van der Waals surface area contributed by atoms with Crippen molar-refractivity contribution in [3.8, 4) is 5.82 Å². The molecule has 0 aliphatic carbocycles. The van der Waals surface area contributed by atoms with Gasteiger partial charge in [0.25, 0.3) is 11.1 Å². The predicted molar refractivity (Wildman–Crippen MR) is 101 cm³/mol. The first-order valence-electron chi connectivity index (χ1n) is 7.90. The van der Waals surface area contributed by atoms with Crippen molar-refractivity contribution in [2.75, 3.05) is 6.54 Å². The fraction of sp³-hybridized carbons (Fsp3) is 0.211. The predicted octanol–water partition coefficient (Wildman–Crippen LogP) is 4.02. The maximum absolute atomic E-state index is 12.4. The van der Waals surface area contributed by atoms with Crippen LogP contribution in [0.2, 0.25) is 0 Å². The van der Waals surface area contributed by atoms with Crippen molar-refractivity contribution in [1.29, 1.82) is 0 Å². The lowest BCUT2D eigenvalue weighted by Gasteiger charge is -2.09. The molecule has 0 radical (unpaired) electrons. The van der Waals surface area contributed by atoms with E-state index in [2.05, 4.69) is 11.6 Å². The highest BCUT2D eigenvalue weighted by atomic mass is 32.2. The zero-order chi connectivity index (χ0) is 18.1. The SMILES string of the molecule is C=CCN1C(=O)S/C(=C\c2cc(C)n(-c3cc(C)ccn3)c2C)C1=O. The average molecular weight is 353 g/mol. The molecule has 0 atom stereocenters. The van der Waals surface area contributed by atoms with E-state index in [4.69, 9.17) is 0 Å². The van der Waals surface area contributed by atoms with Crippen LogP contribution in [0.3, 0.4) is 0 Å². The van der Waals surface area contributed by atoms with E-state index in [1.807, 2.05) is 43.5 Å². The molecule has 0 spiro atoms. The summed E-state index contributed by atoms with van der Waals surface area (Å²) in [4.78, 5) is 30.4. The first-order chi connectivity index (χ1) is 11.9. The van der Waals surface area contributed by atoms with Crippen LogP contribution in [0.25, 0.3) is 11.9 Å². The third-order valence-electron chi connectivity index (χ3n) is 4.07. The molecular formula is C19H19N3O2S. The van der Waals surface area contributed by atoms with Gasteiger partial charge < -0.3 is 4.57 Å². The van der Waals surface area contributed by atoms with Crippen molar-refractivity contribution < 1.29 is 9.59 Å². The number of amides is 2. The van der Waals surface area contributed by atoms with Crippen LogP contribution in [-0.2, 0) is 4.79 Å². The second kappa shape index (κ2) is 6.72. The Balaban J connectivity index is 2.00. The number of thioether (sulfide) groups is 1. The van der Waals surface area contributed by atoms with Crippen molar-refractivity contribution in [3.05, 3.63) is 64.5 Å². The van der Waals surface area contributed by atoms with E-state index < -0.39 is 0 Å². The van der Waals surface area contributed by atoms with Crippen LogP contribution >= 0.6 is 11.8 Å². The molecule has 1 aliphatic rings. The molecule has 0 unspecified atom stereocenters. The van der Waals surface area contributed by atoms with Crippen LogP contribution < -0.4 is 0 Å². The number of hydrogen-bond acceptors (Lipinski definition) is 4. The molecule has 0 N–H and O–H groups in total. The molecule has 5 nitrogen and oxygen atoms in total. The second-order valence-electron chi connectivity index (χ2n) is 5.93. The summed E-state index contributed by atoms with van der Waals surface area (Å²) in [6, 6.07) is 5.97. The molecule has 0 saturated carbocycles. The van der Waals surface area contributed by atoms with Crippen molar-refractivity contribution in [2.24, 2.45) is 0 Å². The van der Waals surface area contributed by atoms with Gasteiger partial charge in [-0.15, -0.1) is 6.58 Å². The van der Waals surface area contributed by atoms with E-state index in [1.165, 1.54) is 4.90 Å². The largest absolute Gasteiger partial charge is 0.303 e. The molecular weight excluding hydrogens is 334 g/mol. The van der Waals surface area contributed by atoms with Gasteiger partial charge in [0, 0.05) is 24.1 Å². The van der Waals surface area contributed by atoms with Crippen LogP contribution in [0, 0.1) is 20.8 Å². The van der Waals surface area contributed by atoms with Crippen LogP contribution in [0.5, 0.6) is 0 Å². The van der Waals surface area contributed by atoms with Gasteiger partial charge in [0.15, 0.2) is 0 Å². The van der Waals surface area contributed by atoms with Gasteiger partial charge in [0.1, 0.15) is 5.82 Å². The van der Waals surface area contributed by atoms with Gasteiger partial charge in [-0.1, -0.05) is 6.08 Å². The molecule has 1 saturated heterocycles. The van der Waals surface area contributed by atoms with Gasteiger partial charge in [-0.3, -0.25) is 14.5 Å². The second-order valence-corrected chi connectivity index (χ2v) is 6.93. The third kappa shape index (κ3) is 3.17. The monoisotopic (exact) mass is 353 g/mol. The van der Waals surface area contributed by atoms with Crippen LogP contribution in [-0.4, -0.2) is 32.1 Å². The molecule has 1 aliphatic heterocycles. The fourth-order valence-corrected chi connectivity index (χ4v) is 3.70. The van der Waals surface area contributed by atoms with Gasteiger partial charge in [-0.2, -0.15) is 0 Å². The summed E-state index contributed by atoms with van der Waals surface area (Å²) < 4.78 is 2.05. The Bertz CT molecular complexity index is 911. The molecule has 3 rings (SSSR count). The highest BCUT2D eigenvalue weighted by molar-refractivity contribution is 8.18. The van der Waals surface area contributed by atoms with Gasteiger partial charge in [-0.25, -0.2) is 4.98 Å². The first-order valence-corrected chi connectivity index (χ1v) is 8.72. The minimum atomic E-state index is -0.270. The van der Waals surface area contributed by atoms with E-state index in [-0.39, 0.29) is 17.7 Å². The summed E-state index contributed by atoms with van der Waals surface area (Å²) >= 11 is 0.965. The number of aromatic nitrogens is 2. The Morgan fingerprint density at radius 3 is 2.68 bits per heavy atom. The molecule has 2 amide bonds. The molecule has 1 fully saturated rings. The van der Waals surface area contributed by atoms with Crippen LogP contribution in [0.1, 0.15) is 22.5 Å². The third-order valence-corrected chi connectivity index (χ3v) is 4.98. The number of nitrogens with zero attached hydrogens (tertiary/aromatic N) is 3. The smallest absolute Gasteiger partial charge is 0.293 e. The maximum atomic E-state index is 12.4. The molecule has 2 aromatic rings. The molecule has 3 heterocycles. The Labute approximate surface area is 151 Å². The van der Waals surface area contributed by atoms with Crippen LogP contribution in [0.15, 0.2) is 42.0 Å². The first kappa shape index (κ1) is 17.2. The van der Waals surface area contributed by atoms with Gasteiger partial charge >= 0.3 is 0 Å². The Morgan fingerprint density at radius 1 is 1.24 bits per heavy atom. The summed E-state index contributed by atoms with van der Waals surface area (Å²) in [5.74, 6) is 0.572. The Hall–Kier alpha value is -2.60. The standard InChI is InChI=1S/C19H19N3O2S/c1-5-8-21-18(23)16(25-19(21)24)11-15-10-13(3)22(14(15)4)17-9-12(2)6-7-20-17/h5-7,9-11H,1,8H2,2-4H3/b16-11-. The average Bonchev–Trinajstić information content (AvgIpc) is 2.98. The summed E-state index contributed by atoms with van der Waals surface area (Å²) in [6.07, 6.45) is 5.11. The fourth-order valence-electron chi connectivity index (χ4n) is 2.86. The molecule has 2 aromatic heterocycles. The van der Waals surface area contributed by atoms with Crippen molar-refractivity contribution >= 4 is 29.0 Å². The number of rotatable bonds is 4. The van der Waals surface area contributed by atoms with E-state index >= 15 is 0 Å². The zero-order valence-electron chi connectivity index (χ0n) is 14.4. The topological polar surface area (TPSA) is 55.2 Å². The molecule has 6 heteroatoms. The van der Waals surface area contributed by atoms with Gasteiger partial charge in [0.2, 0.25) is 0 Å². The summed E-state index contributed by atoms with van der Waals surface area (Å²) in [5, 5.41) is -0.259. The zero-order valence-corrected chi connectivity index (χ0v) is 15.3. The number of aryl methyl sites for hydroxylation is 2. The molecule has 25 heavy (non-hydrogen) atoms. The minimum absolute atomic E-state index is 0.230. The molecule has 128 valence electrons. The van der Waals surface area contributed by atoms with Gasteiger partial charge in [0.05, 0.1) is 4.91 Å². The molecule has 0 aromatic carbocycles. The lowest BCUT2D eigenvalue weighted by Crippen LogP contribution is -2.27. The van der Waals surface area contributed by atoms with Crippen molar-refractivity contribution in [1.82, 2.24) is 14.5 Å². The van der Waals surface area contributed by atoms with Crippen molar-refractivity contribution in [2.45, 2.75) is 20.8 Å². The summed E-state index contributed by atoms with van der Waals surface area (Å²) in [7, 11) is 0. The van der Waals surface area contributed by atoms with E-state index in [0.29, 0.717) is 4.91 Å². The lowest BCUT2D eigenvalue weighted by molar-refractivity contribution is -0.122. The summed E-state index contributed by atoms with van der Waals surface area (Å²) in [5.41, 5.74) is 4.03. The highest BCUT2D eigenvalue weighted by Gasteiger charge is 2.34. The Kier molecular flexibility index (Phi) is 4.63. The number of imide groups is 1. The number of pyridine rings is 1. The molecule has 0 bridgehead atoms. The van der Waals surface area contributed by atoms with E-state index in [0.717, 1.165) is 40.1 Å². The quantitative estimate of drug-likeness (QED) is 0.615. The van der Waals surface area contributed by atoms with E-state index in [1.54, 1.807) is 18.3 Å². The highest BCUT2D eigenvalue weighted by Crippen LogP contribution is 2.33. The normalized spacial score (nSPS) is 16.1. The van der Waals surface area contributed by atoms with E-state index in [9.17, 15) is 9.59 Å². The maximum Gasteiger partial charge on any atom is 0.293 e.